The van der Waals surface area contributed by atoms with Crippen LogP contribution in [0, 0.1) is 0 Å². The number of hydrogen-bond acceptors (Lipinski definition) is 6. The van der Waals surface area contributed by atoms with Crippen molar-refractivity contribution in [2.45, 2.75) is 6.54 Å². The van der Waals surface area contributed by atoms with Gasteiger partial charge in [-0.25, -0.2) is 13.2 Å². The molecule has 0 bridgehead atoms. The normalized spacial score (nSPS) is 15.5. The van der Waals surface area contributed by atoms with Crippen LogP contribution < -0.4 is 5.32 Å². The van der Waals surface area contributed by atoms with Crippen LogP contribution >= 0.6 is 11.6 Å². The highest BCUT2D eigenvalue weighted by molar-refractivity contribution is 7.88. The van der Waals surface area contributed by atoms with Gasteiger partial charge < -0.3 is 10.1 Å². The summed E-state index contributed by atoms with van der Waals surface area (Å²) in [5.41, 5.74) is 2.11. The number of nitrogens with one attached hydrogen (secondary N) is 1. The number of carbonyl (C=O) groups is 2. The van der Waals surface area contributed by atoms with Gasteiger partial charge in [-0.05, 0) is 35.9 Å². The van der Waals surface area contributed by atoms with Crippen LogP contribution in [-0.2, 0) is 21.3 Å². The lowest BCUT2D eigenvalue weighted by Gasteiger charge is -2.33. The molecular weight excluding hydrogens is 442 g/mol. The maximum Gasteiger partial charge on any atom is 0.339 e. The molecule has 166 valence electrons. The third-order valence-electron chi connectivity index (χ3n) is 5.05. The maximum atomic E-state index is 12.5. The molecule has 1 saturated heterocycles. The fourth-order valence-electron chi connectivity index (χ4n) is 3.31. The van der Waals surface area contributed by atoms with Gasteiger partial charge in [-0.2, -0.15) is 4.31 Å². The van der Waals surface area contributed by atoms with Gasteiger partial charge in [0, 0.05) is 44.0 Å². The summed E-state index contributed by atoms with van der Waals surface area (Å²) in [6.07, 6.45) is 1.23. The number of amides is 1. The fourth-order valence-corrected chi connectivity index (χ4v) is 4.33. The Kier molecular flexibility index (Phi) is 7.32. The summed E-state index contributed by atoms with van der Waals surface area (Å²) in [5, 5.41) is 2.99. The van der Waals surface area contributed by atoms with E-state index in [2.05, 4.69) is 15.0 Å². The zero-order valence-electron chi connectivity index (χ0n) is 17.3. The lowest BCUT2D eigenvalue weighted by molar-refractivity contribution is 0.0600. The van der Waals surface area contributed by atoms with Crippen molar-refractivity contribution in [3.05, 3.63) is 64.2 Å². The molecule has 1 fully saturated rings. The summed E-state index contributed by atoms with van der Waals surface area (Å²) < 4.78 is 29.4. The zero-order chi connectivity index (χ0) is 22.6. The van der Waals surface area contributed by atoms with Crippen LogP contribution in [0.15, 0.2) is 42.5 Å². The van der Waals surface area contributed by atoms with Crippen molar-refractivity contribution in [2.75, 3.05) is 44.9 Å². The first-order valence-corrected chi connectivity index (χ1v) is 11.9. The second-order valence-corrected chi connectivity index (χ2v) is 9.67. The molecule has 1 N–H and O–H groups in total. The Balaban J connectivity index is 1.59. The van der Waals surface area contributed by atoms with Gasteiger partial charge in [-0.1, -0.05) is 23.7 Å². The molecule has 0 radical (unpaired) electrons. The van der Waals surface area contributed by atoms with E-state index in [-0.39, 0.29) is 16.5 Å². The summed E-state index contributed by atoms with van der Waals surface area (Å²) in [7, 11) is -1.88. The van der Waals surface area contributed by atoms with Crippen molar-refractivity contribution >= 4 is 39.2 Å². The molecular formula is C21H24ClN3O5S. The van der Waals surface area contributed by atoms with Gasteiger partial charge in [0.1, 0.15) is 0 Å². The smallest absolute Gasteiger partial charge is 0.339 e. The van der Waals surface area contributed by atoms with E-state index in [4.69, 9.17) is 11.6 Å². The Morgan fingerprint density at radius 3 is 2.29 bits per heavy atom. The number of anilines is 1. The van der Waals surface area contributed by atoms with E-state index in [1.54, 1.807) is 18.2 Å². The topological polar surface area (TPSA) is 96.0 Å². The van der Waals surface area contributed by atoms with E-state index in [0.717, 1.165) is 5.56 Å². The Morgan fingerprint density at radius 1 is 1.06 bits per heavy atom. The lowest BCUT2D eigenvalue weighted by Crippen LogP contribution is -2.47. The number of halogens is 1. The summed E-state index contributed by atoms with van der Waals surface area (Å²) in [5.74, 6) is -0.894. The van der Waals surface area contributed by atoms with E-state index >= 15 is 0 Å². The number of esters is 1. The summed E-state index contributed by atoms with van der Waals surface area (Å²) in [4.78, 5) is 26.5. The summed E-state index contributed by atoms with van der Waals surface area (Å²) in [6.45, 7) is 2.96. The van der Waals surface area contributed by atoms with Crippen LogP contribution in [-0.4, -0.2) is 69.0 Å². The minimum absolute atomic E-state index is 0.174. The van der Waals surface area contributed by atoms with Gasteiger partial charge in [0.05, 0.1) is 24.0 Å². The quantitative estimate of drug-likeness (QED) is 0.658. The number of sulfonamides is 1. The fraction of sp³-hybridized carbons (Fsp3) is 0.333. The minimum Gasteiger partial charge on any atom is -0.465 e. The van der Waals surface area contributed by atoms with Gasteiger partial charge in [0.25, 0.3) is 5.91 Å². The number of carbonyl (C=O) groups excluding carboxylic acids is 2. The van der Waals surface area contributed by atoms with Crippen LogP contribution in [0.3, 0.4) is 0 Å². The predicted octanol–water partition coefficient (Wildman–Crippen LogP) is 2.46. The summed E-state index contributed by atoms with van der Waals surface area (Å²) >= 11 is 6.00. The van der Waals surface area contributed by atoms with E-state index in [1.807, 2.05) is 12.1 Å². The predicted molar refractivity (Wildman–Crippen MR) is 119 cm³/mol. The number of piperazine rings is 1. The molecule has 3 rings (SSSR count). The molecule has 1 amide bonds. The van der Waals surface area contributed by atoms with E-state index < -0.39 is 16.0 Å². The SMILES string of the molecule is COC(=O)c1cc(NC(=O)c2ccc(CN3CCN(S(C)(=O)=O)CC3)cc2)ccc1Cl. The molecule has 0 spiro atoms. The number of methoxy groups -OCH3 is 1. The number of ether oxygens (including phenoxy) is 1. The lowest BCUT2D eigenvalue weighted by atomic mass is 10.1. The van der Waals surface area contributed by atoms with Gasteiger partial charge in [-0.3, -0.25) is 9.69 Å². The van der Waals surface area contributed by atoms with Crippen molar-refractivity contribution in [3.8, 4) is 0 Å². The van der Waals surface area contributed by atoms with Crippen molar-refractivity contribution in [3.63, 3.8) is 0 Å². The Hall–Kier alpha value is -2.46. The van der Waals surface area contributed by atoms with Crippen molar-refractivity contribution in [1.82, 2.24) is 9.21 Å². The maximum absolute atomic E-state index is 12.5. The monoisotopic (exact) mass is 465 g/mol. The zero-order valence-corrected chi connectivity index (χ0v) is 18.9. The average Bonchev–Trinajstić information content (AvgIpc) is 2.74. The highest BCUT2D eigenvalue weighted by Crippen LogP contribution is 2.22. The third-order valence-corrected chi connectivity index (χ3v) is 6.68. The minimum atomic E-state index is -3.15. The molecule has 10 heteroatoms. The average molecular weight is 466 g/mol. The first-order valence-electron chi connectivity index (χ1n) is 9.63. The van der Waals surface area contributed by atoms with Crippen LogP contribution in [0.1, 0.15) is 26.3 Å². The molecule has 1 aliphatic rings. The highest BCUT2D eigenvalue weighted by atomic mass is 35.5. The number of benzene rings is 2. The summed E-state index contributed by atoms with van der Waals surface area (Å²) in [6, 6.07) is 11.8. The van der Waals surface area contributed by atoms with Crippen molar-refractivity contribution in [1.29, 1.82) is 0 Å². The molecule has 0 aliphatic carbocycles. The molecule has 0 atom stereocenters. The first-order chi connectivity index (χ1) is 14.7. The van der Waals surface area contributed by atoms with Gasteiger partial charge >= 0.3 is 5.97 Å². The van der Waals surface area contributed by atoms with Gasteiger partial charge in [-0.15, -0.1) is 0 Å². The molecule has 0 unspecified atom stereocenters. The number of hydrogen-bond donors (Lipinski definition) is 1. The highest BCUT2D eigenvalue weighted by Gasteiger charge is 2.23. The molecule has 0 saturated carbocycles. The molecule has 1 heterocycles. The van der Waals surface area contributed by atoms with Crippen LogP contribution in [0.25, 0.3) is 0 Å². The number of nitrogens with zero attached hydrogens (tertiary/aromatic N) is 2. The van der Waals surface area contributed by atoms with E-state index in [9.17, 15) is 18.0 Å². The van der Waals surface area contributed by atoms with Crippen LogP contribution in [0.5, 0.6) is 0 Å². The van der Waals surface area contributed by atoms with Crippen LogP contribution in [0.4, 0.5) is 5.69 Å². The standard InChI is InChI=1S/C21H24ClN3O5S/c1-30-21(27)18-13-17(7-8-19(18)22)23-20(26)16-5-3-15(4-6-16)14-24-9-11-25(12-10-24)31(2,28)29/h3-8,13H,9-12,14H2,1-2H3,(H,23,26). The molecule has 0 aromatic heterocycles. The van der Waals surface area contributed by atoms with Gasteiger partial charge in [0.15, 0.2) is 0 Å². The molecule has 2 aromatic rings. The Labute approximate surface area is 186 Å². The molecule has 31 heavy (non-hydrogen) atoms. The molecule has 1 aliphatic heterocycles. The van der Waals surface area contributed by atoms with Gasteiger partial charge in [0.2, 0.25) is 10.0 Å². The Bertz CT molecular complexity index is 1060. The first kappa shape index (κ1) is 23.2. The van der Waals surface area contributed by atoms with Crippen LogP contribution in [0.2, 0.25) is 5.02 Å². The molecule has 2 aromatic carbocycles. The van der Waals surface area contributed by atoms with Crippen molar-refractivity contribution in [2.24, 2.45) is 0 Å². The molecule has 8 nitrogen and oxygen atoms in total. The van der Waals surface area contributed by atoms with Crippen molar-refractivity contribution < 1.29 is 22.7 Å². The second-order valence-electron chi connectivity index (χ2n) is 7.28. The Morgan fingerprint density at radius 2 is 1.71 bits per heavy atom. The number of rotatable bonds is 6. The van der Waals surface area contributed by atoms with E-state index in [1.165, 1.54) is 29.8 Å². The largest absolute Gasteiger partial charge is 0.465 e. The third kappa shape index (κ3) is 6.04. The van der Waals surface area contributed by atoms with E-state index in [0.29, 0.717) is 44.0 Å². The second kappa shape index (κ2) is 9.78.